The van der Waals surface area contributed by atoms with Gasteiger partial charge < -0.3 is 15.0 Å². The van der Waals surface area contributed by atoms with Gasteiger partial charge in [-0.1, -0.05) is 19.1 Å². The molecule has 35 heavy (non-hydrogen) atoms. The van der Waals surface area contributed by atoms with Gasteiger partial charge in [0.15, 0.2) is 5.78 Å². The molecule has 182 valence electrons. The van der Waals surface area contributed by atoms with Crippen LogP contribution in [0.4, 0.5) is 0 Å². The van der Waals surface area contributed by atoms with E-state index in [9.17, 15) is 4.79 Å². The van der Waals surface area contributed by atoms with Gasteiger partial charge in [0, 0.05) is 41.0 Å². The molecule has 2 heterocycles. The van der Waals surface area contributed by atoms with Gasteiger partial charge in [-0.05, 0) is 92.6 Å². The Morgan fingerprint density at radius 1 is 1.23 bits per heavy atom. The van der Waals surface area contributed by atoms with Crippen LogP contribution in [0.15, 0.2) is 54.9 Å². The Balaban J connectivity index is 1.27. The minimum Gasteiger partial charge on any atom is -0.494 e. The molecule has 1 aliphatic carbocycles. The lowest BCUT2D eigenvalue weighted by molar-refractivity contribution is 0.103. The minimum atomic E-state index is 0.0354. The summed E-state index contributed by atoms with van der Waals surface area (Å²) in [6, 6.07) is 13.6. The van der Waals surface area contributed by atoms with Gasteiger partial charge in [-0.3, -0.25) is 9.48 Å². The first-order valence-corrected chi connectivity index (χ1v) is 12.7. The largest absolute Gasteiger partial charge is 0.494 e. The Kier molecular flexibility index (Phi) is 7.00. The van der Waals surface area contributed by atoms with Gasteiger partial charge in [-0.2, -0.15) is 5.10 Å². The summed E-state index contributed by atoms with van der Waals surface area (Å²) in [5.74, 6) is 1.38. The lowest BCUT2D eigenvalue weighted by Crippen LogP contribution is -2.28. The monoisotopic (exact) mass is 470 g/mol. The summed E-state index contributed by atoms with van der Waals surface area (Å²) in [6.07, 6.45) is 9.22. The highest BCUT2D eigenvalue weighted by molar-refractivity contribution is 6.11. The third-order valence-corrected chi connectivity index (χ3v) is 6.90. The van der Waals surface area contributed by atoms with Crippen LogP contribution in [0.25, 0.3) is 10.9 Å². The number of hydrogen-bond donors (Lipinski definition) is 2. The van der Waals surface area contributed by atoms with Crippen LogP contribution in [0.3, 0.4) is 0 Å². The normalized spacial score (nSPS) is 15.3. The van der Waals surface area contributed by atoms with Crippen molar-refractivity contribution in [3.05, 3.63) is 82.8 Å². The van der Waals surface area contributed by atoms with E-state index in [4.69, 9.17) is 4.74 Å². The highest BCUT2D eigenvalue weighted by Crippen LogP contribution is 2.32. The van der Waals surface area contributed by atoms with Crippen molar-refractivity contribution in [2.75, 3.05) is 19.7 Å². The van der Waals surface area contributed by atoms with Crippen molar-refractivity contribution in [2.24, 2.45) is 13.0 Å². The first-order valence-electron chi connectivity index (χ1n) is 12.7. The van der Waals surface area contributed by atoms with E-state index in [0.29, 0.717) is 18.1 Å². The molecule has 2 aromatic heterocycles. The van der Waals surface area contributed by atoms with Crippen molar-refractivity contribution < 1.29 is 9.53 Å². The van der Waals surface area contributed by atoms with Crippen molar-refractivity contribution >= 4 is 16.7 Å². The second kappa shape index (κ2) is 10.5. The van der Waals surface area contributed by atoms with E-state index in [1.807, 2.05) is 48.3 Å². The maximum atomic E-state index is 13.3. The molecule has 1 unspecified atom stereocenters. The standard InChI is InChI=1S/C29H34N4O2/c1-3-13-35-24-6-4-5-22(15-24)29(34)23-8-10-28-26(16-23)25-14-20(7-9-27(25)32-28)17-30-12-11-21-18-31-33(2)19-21/h4-6,8,10,15-16,18-20,30,32H,3,7,9,11-14,17H2,1-2H3. The number of hydrogen-bond acceptors (Lipinski definition) is 4. The van der Waals surface area contributed by atoms with E-state index in [-0.39, 0.29) is 5.78 Å². The second-order valence-corrected chi connectivity index (χ2v) is 9.63. The summed E-state index contributed by atoms with van der Waals surface area (Å²) >= 11 is 0. The van der Waals surface area contributed by atoms with Crippen LogP contribution in [0.5, 0.6) is 5.75 Å². The van der Waals surface area contributed by atoms with Gasteiger partial charge in [0.25, 0.3) is 0 Å². The third-order valence-electron chi connectivity index (χ3n) is 6.90. The van der Waals surface area contributed by atoms with Crippen LogP contribution < -0.4 is 10.1 Å². The van der Waals surface area contributed by atoms with Crippen LogP contribution >= 0.6 is 0 Å². The average molecular weight is 471 g/mol. The number of ether oxygens (including phenoxy) is 1. The second-order valence-electron chi connectivity index (χ2n) is 9.63. The molecule has 0 radical (unpaired) electrons. The molecule has 6 heteroatoms. The van der Waals surface area contributed by atoms with Crippen molar-refractivity contribution in [3.63, 3.8) is 0 Å². The molecule has 5 rings (SSSR count). The number of nitrogens with one attached hydrogen (secondary N) is 2. The van der Waals surface area contributed by atoms with Crippen LogP contribution in [0.2, 0.25) is 0 Å². The first-order chi connectivity index (χ1) is 17.1. The van der Waals surface area contributed by atoms with Crippen LogP contribution in [0.1, 0.15) is 52.5 Å². The summed E-state index contributed by atoms with van der Waals surface area (Å²) < 4.78 is 7.58. The highest BCUT2D eigenvalue weighted by Gasteiger charge is 2.23. The number of ketones is 1. The lowest BCUT2D eigenvalue weighted by atomic mass is 9.86. The molecular weight excluding hydrogens is 436 g/mol. The number of benzene rings is 2. The molecule has 0 bridgehead atoms. The zero-order valence-corrected chi connectivity index (χ0v) is 20.6. The number of fused-ring (bicyclic) bond motifs is 3. The summed E-state index contributed by atoms with van der Waals surface area (Å²) in [6.45, 7) is 4.70. The number of aromatic nitrogens is 3. The van der Waals surface area contributed by atoms with Crippen molar-refractivity contribution in [1.29, 1.82) is 0 Å². The quantitative estimate of drug-likeness (QED) is 0.257. The number of rotatable bonds is 10. The summed E-state index contributed by atoms with van der Waals surface area (Å²) in [4.78, 5) is 16.9. The molecule has 0 spiro atoms. The van der Waals surface area contributed by atoms with E-state index in [2.05, 4.69) is 40.7 Å². The zero-order chi connectivity index (χ0) is 24.2. The van der Waals surface area contributed by atoms with Crippen molar-refractivity contribution in [1.82, 2.24) is 20.1 Å². The average Bonchev–Trinajstić information content (AvgIpc) is 3.47. The molecule has 6 nitrogen and oxygen atoms in total. The van der Waals surface area contributed by atoms with Gasteiger partial charge in [-0.25, -0.2) is 0 Å². The summed E-state index contributed by atoms with van der Waals surface area (Å²) in [7, 11) is 1.95. The third kappa shape index (κ3) is 5.33. The maximum Gasteiger partial charge on any atom is 0.193 e. The Hall–Kier alpha value is -3.38. The Morgan fingerprint density at radius 2 is 2.11 bits per heavy atom. The van der Waals surface area contributed by atoms with E-state index in [1.165, 1.54) is 28.6 Å². The fourth-order valence-corrected chi connectivity index (χ4v) is 5.06. The molecule has 0 fully saturated rings. The van der Waals surface area contributed by atoms with Crippen LogP contribution in [-0.2, 0) is 26.3 Å². The molecule has 0 saturated carbocycles. The molecule has 2 N–H and O–H groups in total. The number of carbonyl (C=O) groups excluding carboxylic acids is 1. The van der Waals surface area contributed by atoms with Crippen LogP contribution in [-0.4, -0.2) is 40.2 Å². The SMILES string of the molecule is CCCOc1cccc(C(=O)c2ccc3[nH]c4c(c3c2)CC(CNCCc2cnn(C)c2)CC4)c1. The predicted molar refractivity (Wildman–Crippen MR) is 139 cm³/mol. The number of carbonyl (C=O) groups is 1. The van der Waals surface area contributed by atoms with Gasteiger partial charge in [0.1, 0.15) is 5.75 Å². The Morgan fingerprint density at radius 3 is 2.94 bits per heavy atom. The van der Waals surface area contributed by atoms with Crippen LogP contribution in [0, 0.1) is 5.92 Å². The van der Waals surface area contributed by atoms with Gasteiger partial charge in [-0.15, -0.1) is 0 Å². The Bertz CT molecular complexity index is 1320. The number of H-pyrrole nitrogens is 1. The summed E-state index contributed by atoms with van der Waals surface area (Å²) in [5, 5.41) is 9.07. The molecule has 0 amide bonds. The fourth-order valence-electron chi connectivity index (χ4n) is 5.06. The highest BCUT2D eigenvalue weighted by atomic mass is 16.5. The van der Waals surface area contributed by atoms with Gasteiger partial charge in [0.05, 0.1) is 12.8 Å². The number of nitrogens with zero attached hydrogens (tertiary/aromatic N) is 2. The fraction of sp³-hybridized carbons (Fsp3) is 0.379. The van der Waals surface area contributed by atoms with Gasteiger partial charge >= 0.3 is 0 Å². The molecule has 0 aliphatic heterocycles. The van der Waals surface area contributed by atoms with E-state index in [1.54, 1.807) is 0 Å². The smallest absolute Gasteiger partial charge is 0.193 e. The first kappa shape index (κ1) is 23.4. The Labute approximate surface area is 206 Å². The number of aryl methyl sites for hydroxylation is 2. The minimum absolute atomic E-state index is 0.0354. The number of aromatic amines is 1. The molecule has 4 aromatic rings. The molecule has 1 aliphatic rings. The predicted octanol–water partition coefficient (Wildman–Crippen LogP) is 4.86. The van der Waals surface area contributed by atoms with E-state index in [0.717, 1.165) is 55.6 Å². The maximum absolute atomic E-state index is 13.3. The van der Waals surface area contributed by atoms with Gasteiger partial charge in [0.2, 0.25) is 0 Å². The van der Waals surface area contributed by atoms with Crippen molar-refractivity contribution in [2.45, 2.75) is 39.0 Å². The molecule has 1 atom stereocenters. The molecular formula is C29H34N4O2. The van der Waals surface area contributed by atoms with E-state index >= 15 is 0 Å². The van der Waals surface area contributed by atoms with E-state index < -0.39 is 0 Å². The molecule has 0 saturated heterocycles. The molecule has 2 aromatic carbocycles. The zero-order valence-electron chi connectivity index (χ0n) is 20.6. The summed E-state index contributed by atoms with van der Waals surface area (Å²) in [5.41, 5.74) is 6.48. The lowest BCUT2D eigenvalue weighted by Gasteiger charge is -2.23. The topological polar surface area (TPSA) is 71.9 Å². The van der Waals surface area contributed by atoms with Crippen molar-refractivity contribution in [3.8, 4) is 5.75 Å².